The van der Waals surface area contributed by atoms with Crippen molar-refractivity contribution in [3.63, 3.8) is 0 Å². The molecule has 1 aromatic carbocycles. The maximum absolute atomic E-state index is 5.60. The molecule has 0 saturated carbocycles. The van der Waals surface area contributed by atoms with Crippen LogP contribution in [0.15, 0.2) is 24.3 Å². The van der Waals surface area contributed by atoms with Crippen LogP contribution in [0.5, 0.6) is 5.75 Å². The normalized spacial score (nSPS) is 22.2. The molecule has 0 aliphatic carbocycles. The minimum Gasteiger partial charge on any atom is -0.492 e. The maximum atomic E-state index is 5.60. The molecule has 1 aliphatic rings. The van der Waals surface area contributed by atoms with Crippen molar-refractivity contribution < 1.29 is 4.74 Å². The van der Waals surface area contributed by atoms with Gasteiger partial charge in [0.25, 0.3) is 0 Å². The third-order valence-electron chi connectivity index (χ3n) is 2.10. The zero-order valence-electron chi connectivity index (χ0n) is 7.21. The van der Waals surface area contributed by atoms with E-state index in [1.807, 2.05) is 18.2 Å². The number of benzene rings is 1. The minimum atomic E-state index is 0.442. The van der Waals surface area contributed by atoms with E-state index in [0.717, 1.165) is 18.9 Å². The van der Waals surface area contributed by atoms with Crippen LogP contribution in [-0.2, 0) is 6.54 Å². The predicted molar refractivity (Wildman–Crippen MR) is 48.2 cm³/mol. The van der Waals surface area contributed by atoms with Crippen LogP contribution in [0.1, 0.15) is 12.5 Å². The summed E-state index contributed by atoms with van der Waals surface area (Å²) in [6.45, 7) is 3.81. The zero-order chi connectivity index (χ0) is 8.39. The fraction of sp³-hybridized carbons (Fsp3) is 0.400. The van der Waals surface area contributed by atoms with Gasteiger partial charge in [-0.2, -0.15) is 0 Å². The zero-order valence-corrected chi connectivity index (χ0v) is 7.21. The molecule has 2 heteroatoms. The van der Waals surface area contributed by atoms with Crippen LogP contribution >= 0.6 is 0 Å². The average molecular weight is 163 g/mol. The molecule has 2 nitrogen and oxygen atoms in total. The Hall–Kier alpha value is -1.02. The Kier molecular flexibility index (Phi) is 2.00. The number of rotatable bonds is 0. The number of ether oxygens (including phenoxy) is 1. The fourth-order valence-corrected chi connectivity index (χ4v) is 1.35. The van der Waals surface area contributed by atoms with Crippen molar-refractivity contribution in [1.82, 2.24) is 5.32 Å². The van der Waals surface area contributed by atoms with Crippen molar-refractivity contribution in [2.45, 2.75) is 19.5 Å². The second kappa shape index (κ2) is 3.15. The highest BCUT2D eigenvalue weighted by Gasteiger charge is 2.11. The number of para-hydroxylation sites is 1. The monoisotopic (exact) mass is 163 g/mol. The lowest BCUT2D eigenvalue weighted by Crippen LogP contribution is -2.28. The first-order chi connectivity index (χ1) is 5.86. The van der Waals surface area contributed by atoms with E-state index in [1.54, 1.807) is 0 Å². The van der Waals surface area contributed by atoms with Crippen molar-refractivity contribution >= 4 is 0 Å². The topological polar surface area (TPSA) is 21.3 Å². The van der Waals surface area contributed by atoms with Crippen LogP contribution in [0.3, 0.4) is 0 Å². The minimum absolute atomic E-state index is 0.442. The van der Waals surface area contributed by atoms with Crippen LogP contribution < -0.4 is 10.1 Å². The highest BCUT2D eigenvalue weighted by Crippen LogP contribution is 2.19. The van der Waals surface area contributed by atoms with Gasteiger partial charge in [0, 0.05) is 18.2 Å². The lowest BCUT2D eigenvalue weighted by atomic mass is 10.2. The van der Waals surface area contributed by atoms with Crippen LogP contribution in [-0.4, -0.2) is 12.6 Å². The summed E-state index contributed by atoms with van der Waals surface area (Å²) < 4.78 is 5.60. The van der Waals surface area contributed by atoms with E-state index in [0.29, 0.717) is 6.04 Å². The Morgan fingerprint density at radius 3 is 3.17 bits per heavy atom. The third-order valence-corrected chi connectivity index (χ3v) is 2.10. The lowest BCUT2D eigenvalue weighted by molar-refractivity contribution is 0.287. The van der Waals surface area contributed by atoms with E-state index < -0.39 is 0 Å². The summed E-state index contributed by atoms with van der Waals surface area (Å²) in [4.78, 5) is 0. The Labute approximate surface area is 72.5 Å². The van der Waals surface area contributed by atoms with Crippen molar-refractivity contribution in [1.29, 1.82) is 0 Å². The van der Waals surface area contributed by atoms with Crippen molar-refractivity contribution in [3.8, 4) is 5.75 Å². The van der Waals surface area contributed by atoms with Crippen LogP contribution in [0, 0.1) is 0 Å². The molecule has 0 saturated heterocycles. The Balaban J connectivity index is 2.26. The average Bonchev–Trinajstić information content (AvgIpc) is 2.29. The predicted octanol–water partition coefficient (Wildman–Crippen LogP) is 1.56. The van der Waals surface area contributed by atoms with E-state index in [4.69, 9.17) is 4.74 Å². The summed E-state index contributed by atoms with van der Waals surface area (Å²) in [5.74, 6) is 1.02. The van der Waals surface area contributed by atoms with Gasteiger partial charge in [0.2, 0.25) is 0 Å². The molecule has 0 amide bonds. The summed E-state index contributed by atoms with van der Waals surface area (Å²) in [5.41, 5.74) is 1.25. The van der Waals surface area contributed by atoms with Crippen molar-refractivity contribution in [2.75, 3.05) is 6.61 Å². The molecule has 0 bridgehead atoms. The maximum Gasteiger partial charge on any atom is 0.123 e. The van der Waals surface area contributed by atoms with Gasteiger partial charge in [-0.25, -0.2) is 0 Å². The summed E-state index contributed by atoms with van der Waals surface area (Å²) >= 11 is 0. The van der Waals surface area contributed by atoms with E-state index in [1.165, 1.54) is 5.56 Å². The number of fused-ring (bicyclic) bond motifs is 1. The molecule has 0 fully saturated rings. The first-order valence-electron chi connectivity index (χ1n) is 4.30. The van der Waals surface area contributed by atoms with Gasteiger partial charge in [-0.15, -0.1) is 0 Å². The molecule has 64 valence electrons. The van der Waals surface area contributed by atoms with Crippen molar-refractivity contribution in [2.24, 2.45) is 0 Å². The van der Waals surface area contributed by atoms with E-state index >= 15 is 0 Å². The summed E-state index contributed by atoms with van der Waals surface area (Å²) in [6.07, 6.45) is 0. The van der Waals surface area contributed by atoms with Crippen molar-refractivity contribution in [3.05, 3.63) is 29.8 Å². The molecule has 1 aromatic rings. The standard InChI is InChI=1S/C10H13NO/c1-8-7-12-10-5-3-2-4-9(10)6-11-8/h2-5,8,11H,6-7H2,1H3/t8-/m0/s1. The van der Waals surface area contributed by atoms with Crippen LogP contribution in [0.4, 0.5) is 0 Å². The Morgan fingerprint density at radius 2 is 2.25 bits per heavy atom. The largest absolute Gasteiger partial charge is 0.492 e. The van der Waals surface area contributed by atoms with Gasteiger partial charge in [0.1, 0.15) is 12.4 Å². The molecule has 1 atom stereocenters. The van der Waals surface area contributed by atoms with Gasteiger partial charge in [-0.05, 0) is 13.0 Å². The van der Waals surface area contributed by atoms with Gasteiger partial charge in [0.05, 0.1) is 0 Å². The van der Waals surface area contributed by atoms with E-state index in [9.17, 15) is 0 Å². The van der Waals surface area contributed by atoms with Gasteiger partial charge < -0.3 is 10.1 Å². The summed E-state index contributed by atoms with van der Waals surface area (Å²) in [7, 11) is 0. The van der Waals surface area contributed by atoms with Crippen LogP contribution in [0.25, 0.3) is 0 Å². The Morgan fingerprint density at radius 1 is 1.42 bits per heavy atom. The molecular formula is C10H13NO. The molecule has 2 rings (SSSR count). The van der Waals surface area contributed by atoms with Gasteiger partial charge in [-0.3, -0.25) is 0 Å². The smallest absolute Gasteiger partial charge is 0.123 e. The Bertz CT molecular complexity index is 245. The highest BCUT2D eigenvalue weighted by molar-refractivity contribution is 5.33. The molecule has 12 heavy (non-hydrogen) atoms. The first kappa shape index (κ1) is 7.62. The molecule has 0 spiro atoms. The summed E-state index contributed by atoms with van der Waals surface area (Å²) in [6, 6.07) is 8.61. The third kappa shape index (κ3) is 1.43. The molecule has 0 radical (unpaired) electrons. The molecule has 1 aliphatic heterocycles. The first-order valence-corrected chi connectivity index (χ1v) is 4.30. The SMILES string of the molecule is C[C@H]1COc2ccccc2CN1. The number of nitrogens with one attached hydrogen (secondary N) is 1. The lowest BCUT2D eigenvalue weighted by Gasteiger charge is -2.07. The second-order valence-corrected chi connectivity index (χ2v) is 3.20. The highest BCUT2D eigenvalue weighted by atomic mass is 16.5. The molecule has 1 heterocycles. The number of hydrogen-bond acceptors (Lipinski definition) is 2. The molecule has 0 aromatic heterocycles. The van der Waals surface area contributed by atoms with E-state index in [2.05, 4.69) is 18.3 Å². The van der Waals surface area contributed by atoms with Gasteiger partial charge >= 0.3 is 0 Å². The molecule has 0 unspecified atom stereocenters. The molecular weight excluding hydrogens is 150 g/mol. The second-order valence-electron chi connectivity index (χ2n) is 3.20. The van der Waals surface area contributed by atoms with Gasteiger partial charge in [0.15, 0.2) is 0 Å². The van der Waals surface area contributed by atoms with Crippen LogP contribution in [0.2, 0.25) is 0 Å². The van der Waals surface area contributed by atoms with E-state index in [-0.39, 0.29) is 0 Å². The number of hydrogen-bond donors (Lipinski definition) is 1. The van der Waals surface area contributed by atoms with Gasteiger partial charge in [-0.1, -0.05) is 18.2 Å². The quantitative estimate of drug-likeness (QED) is 0.626. The molecule has 1 N–H and O–H groups in total. The summed E-state index contributed by atoms with van der Waals surface area (Å²) in [5, 5.41) is 3.38. The fourth-order valence-electron chi connectivity index (χ4n) is 1.35.